The van der Waals surface area contributed by atoms with E-state index in [0.29, 0.717) is 6.42 Å². The Balaban J connectivity index is 2.07. The molecule has 0 amide bonds. The van der Waals surface area contributed by atoms with Gasteiger partial charge in [-0.1, -0.05) is 0 Å². The van der Waals surface area contributed by atoms with Crippen molar-refractivity contribution in [2.45, 2.75) is 13.3 Å². The Morgan fingerprint density at radius 2 is 2.29 bits per heavy atom. The maximum absolute atomic E-state index is 11.0. The molecule has 8 nitrogen and oxygen atoms in total. The summed E-state index contributed by atoms with van der Waals surface area (Å²) in [6.07, 6.45) is 1.49. The summed E-state index contributed by atoms with van der Waals surface area (Å²) in [6.45, 7) is 2.17. The van der Waals surface area contributed by atoms with Gasteiger partial charge in [0.2, 0.25) is 5.88 Å². The Morgan fingerprint density at radius 1 is 1.52 bits per heavy atom. The largest absolute Gasteiger partial charge is 0.477 e. The van der Waals surface area contributed by atoms with Gasteiger partial charge in [-0.15, -0.1) is 11.3 Å². The lowest BCUT2D eigenvalue weighted by Gasteiger charge is -2.05. The minimum atomic E-state index is -1.40. The van der Waals surface area contributed by atoms with E-state index in [4.69, 9.17) is 9.84 Å². The van der Waals surface area contributed by atoms with Crippen molar-refractivity contribution in [2.75, 3.05) is 6.61 Å². The van der Waals surface area contributed by atoms with Gasteiger partial charge in [0.15, 0.2) is 0 Å². The number of pyridine rings is 1. The summed E-state index contributed by atoms with van der Waals surface area (Å²) in [5.74, 6) is -1.35. The van der Waals surface area contributed by atoms with Crippen LogP contribution in [0, 0.1) is 17.0 Å². The molecule has 2 rings (SSSR count). The van der Waals surface area contributed by atoms with Crippen molar-refractivity contribution in [3.63, 3.8) is 0 Å². The Kier molecular flexibility index (Phi) is 4.43. The van der Waals surface area contributed by atoms with Crippen LogP contribution in [0.25, 0.3) is 0 Å². The topological polar surface area (TPSA) is 115 Å². The van der Waals surface area contributed by atoms with E-state index in [1.807, 2.05) is 6.92 Å². The average molecular weight is 309 g/mol. The van der Waals surface area contributed by atoms with Crippen molar-refractivity contribution in [3.8, 4) is 5.88 Å². The van der Waals surface area contributed by atoms with Crippen molar-refractivity contribution in [3.05, 3.63) is 44.0 Å². The number of hydrogen-bond acceptors (Lipinski definition) is 7. The van der Waals surface area contributed by atoms with Crippen LogP contribution in [0.4, 0.5) is 5.69 Å². The van der Waals surface area contributed by atoms with Crippen LogP contribution >= 0.6 is 11.3 Å². The van der Waals surface area contributed by atoms with Crippen LogP contribution < -0.4 is 4.74 Å². The normalized spacial score (nSPS) is 10.3. The first-order valence-corrected chi connectivity index (χ1v) is 6.76. The van der Waals surface area contributed by atoms with Gasteiger partial charge in [-0.2, -0.15) is 0 Å². The Bertz CT molecular complexity index is 685. The number of nitrogens with zero attached hydrogens (tertiary/aromatic N) is 3. The molecule has 0 aliphatic rings. The van der Waals surface area contributed by atoms with Crippen molar-refractivity contribution < 1.29 is 19.6 Å². The predicted octanol–water partition coefficient (Wildman–Crippen LogP) is 2.07. The molecule has 110 valence electrons. The third-order valence-electron chi connectivity index (χ3n) is 2.71. The van der Waals surface area contributed by atoms with Gasteiger partial charge in [-0.05, 0) is 6.92 Å². The highest BCUT2D eigenvalue weighted by molar-refractivity contribution is 7.09. The summed E-state index contributed by atoms with van der Waals surface area (Å²) in [6, 6.07) is 1.06. The molecule has 0 aliphatic carbocycles. The molecule has 9 heteroatoms. The van der Waals surface area contributed by atoms with Crippen LogP contribution in [-0.4, -0.2) is 32.6 Å². The fraction of sp³-hybridized carbons (Fsp3) is 0.250. The van der Waals surface area contributed by atoms with E-state index < -0.39 is 22.1 Å². The lowest BCUT2D eigenvalue weighted by atomic mass is 10.2. The number of aromatic carboxylic acids is 1. The Morgan fingerprint density at radius 3 is 2.86 bits per heavy atom. The second-order valence-electron chi connectivity index (χ2n) is 4.06. The predicted molar refractivity (Wildman–Crippen MR) is 73.9 cm³/mol. The van der Waals surface area contributed by atoms with Crippen molar-refractivity contribution in [2.24, 2.45) is 0 Å². The maximum atomic E-state index is 11.0. The van der Waals surface area contributed by atoms with Gasteiger partial charge < -0.3 is 9.84 Å². The lowest BCUT2D eigenvalue weighted by molar-refractivity contribution is -0.385. The van der Waals surface area contributed by atoms with E-state index in [1.165, 1.54) is 11.3 Å². The van der Waals surface area contributed by atoms with E-state index in [9.17, 15) is 14.9 Å². The van der Waals surface area contributed by atoms with Crippen LogP contribution in [0.2, 0.25) is 0 Å². The molecule has 0 saturated carbocycles. The number of aromatic nitrogens is 2. The number of carboxylic acids is 1. The van der Waals surface area contributed by atoms with Crippen LogP contribution in [0.1, 0.15) is 20.9 Å². The molecule has 0 bridgehead atoms. The smallest absolute Gasteiger partial charge is 0.342 e. The van der Waals surface area contributed by atoms with Gasteiger partial charge in [0.1, 0.15) is 11.8 Å². The number of aryl methyl sites for hydroxylation is 1. The van der Waals surface area contributed by atoms with E-state index >= 15 is 0 Å². The molecule has 0 radical (unpaired) electrons. The van der Waals surface area contributed by atoms with Gasteiger partial charge in [-0.25, -0.2) is 14.8 Å². The second kappa shape index (κ2) is 6.27. The molecule has 0 aromatic carbocycles. The number of rotatable bonds is 6. The summed E-state index contributed by atoms with van der Waals surface area (Å²) in [5.41, 5.74) is 1.65. The molecule has 2 aromatic rings. The zero-order valence-corrected chi connectivity index (χ0v) is 11.8. The molecule has 2 heterocycles. The Labute approximate surface area is 123 Å². The number of carboxylic acid groups (broad SMARTS) is 1. The zero-order chi connectivity index (χ0) is 15.4. The first-order chi connectivity index (χ1) is 9.99. The van der Waals surface area contributed by atoms with E-state index in [1.54, 1.807) is 5.51 Å². The van der Waals surface area contributed by atoms with Crippen molar-refractivity contribution in [1.82, 2.24) is 9.97 Å². The number of hydrogen-bond donors (Lipinski definition) is 1. The monoisotopic (exact) mass is 309 g/mol. The fourth-order valence-electron chi connectivity index (χ4n) is 1.64. The summed E-state index contributed by atoms with van der Waals surface area (Å²) < 4.78 is 5.34. The standard InChI is InChI=1S/C12H11N3O5S/c1-7-10(21-6-14-7)2-3-20-11-4-8(12(16)17)9(5-13-11)15(18)19/h4-6H,2-3H2,1H3,(H,16,17). The molecule has 1 N–H and O–H groups in total. The van der Waals surface area contributed by atoms with Crippen LogP contribution in [0.5, 0.6) is 5.88 Å². The number of thiazole rings is 1. The highest BCUT2D eigenvalue weighted by Crippen LogP contribution is 2.21. The molecule has 2 aromatic heterocycles. The summed E-state index contributed by atoms with van der Waals surface area (Å²) in [7, 11) is 0. The minimum absolute atomic E-state index is 0.0418. The molecule has 0 fully saturated rings. The average Bonchev–Trinajstić information content (AvgIpc) is 2.84. The second-order valence-corrected chi connectivity index (χ2v) is 5.00. The SMILES string of the molecule is Cc1ncsc1CCOc1cc(C(=O)O)c([N+](=O)[O-])cn1. The summed E-state index contributed by atoms with van der Waals surface area (Å²) in [5, 5.41) is 19.7. The third-order valence-corrected chi connectivity index (χ3v) is 3.70. The zero-order valence-electron chi connectivity index (χ0n) is 11.0. The van der Waals surface area contributed by atoms with Gasteiger partial charge in [-0.3, -0.25) is 10.1 Å². The van der Waals surface area contributed by atoms with Crippen molar-refractivity contribution in [1.29, 1.82) is 0 Å². The number of carbonyl (C=O) groups is 1. The first-order valence-electron chi connectivity index (χ1n) is 5.88. The Hall–Kier alpha value is -2.55. The van der Waals surface area contributed by atoms with Crippen LogP contribution in [0.3, 0.4) is 0 Å². The highest BCUT2D eigenvalue weighted by Gasteiger charge is 2.21. The summed E-state index contributed by atoms with van der Waals surface area (Å²) >= 11 is 1.50. The quantitative estimate of drug-likeness (QED) is 0.641. The van der Waals surface area contributed by atoms with E-state index in [0.717, 1.165) is 22.8 Å². The molecule has 0 atom stereocenters. The third kappa shape index (κ3) is 3.51. The van der Waals surface area contributed by atoms with E-state index in [2.05, 4.69) is 9.97 Å². The van der Waals surface area contributed by atoms with Crippen LogP contribution in [-0.2, 0) is 6.42 Å². The molecule has 0 saturated heterocycles. The highest BCUT2D eigenvalue weighted by atomic mass is 32.1. The molecule has 0 unspecified atom stereocenters. The number of ether oxygens (including phenoxy) is 1. The molecular weight excluding hydrogens is 298 g/mol. The van der Waals surface area contributed by atoms with Crippen LogP contribution in [0.15, 0.2) is 17.8 Å². The summed E-state index contributed by atoms with van der Waals surface area (Å²) in [4.78, 5) is 29.8. The molecular formula is C12H11N3O5S. The van der Waals surface area contributed by atoms with E-state index in [-0.39, 0.29) is 12.5 Å². The minimum Gasteiger partial charge on any atom is -0.477 e. The van der Waals surface area contributed by atoms with Gasteiger partial charge >= 0.3 is 11.7 Å². The maximum Gasteiger partial charge on any atom is 0.342 e. The van der Waals surface area contributed by atoms with Crippen molar-refractivity contribution >= 4 is 23.0 Å². The van der Waals surface area contributed by atoms with Gasteiger partial charge in [0.05, 0.1) is 22.7 Å². The molecule has 21 heavy (non-hydrogen) atoms. The number of nitro groups is 1. The lowest BCUT2D eigenvalue weighted by Crippen LogP contribution is -2.07. The first kappa shape index (κ1) is 14.9. The fourth-order valence-corrected chi connectivity index (χ4v) is 2.40. The van der Waals surface area contributed by atoms with Gasteiger partial charge in [0, 0.05) is 17.4 Å². The molecule has 0 aliphatic heterocycles. The van der Waals surface area contributed by atoms with Gasteiger partial charge in [0.25, 0.3) is 0 Å². The molecule has 0 spiro atoms.